The lowest BCUT2D eigenvalue weighted by atomic mass is 10.2. The molecule has 1 aliphatic heterocycles. The molecular weight excluding hydrogens is 342 g/mol. The molecule has 2 aromatic rings. The molecule has 0 amide bonds. The Kier molecular flexibility index (Phi) is 5.29. The van der Waals surface area contributed by atoms with E-state index in [1.54, 1.807) is 0 Å². The summed E-state index contributed by atoms with van der Waals surface area (Å²) in [4.78, 5) is 0. The lowest BCUT2D eigenvalue weighted by Crippen LogP contribution is -2.12. The molecule has 3 nitrogen and oxygen atoms in total. The first-order valence-corrected chi connectivity index (χ1v) is 6.53. The monoisotopic (exact) mass is 355 g/mol. The molecule has 5 heteroatoms. The first kappa shape index (κ1) is 15.2. The summed E-state index contributed by atoms with van der Waals surface area (Å²) in [7, 11) is 0. The molecule has 0 fully saturated rings. The lowest BCUT2D eigenvalue weighted by molar-refractivity contribution is 0.174. The van der Waals surface area contributed by atoms with Gasteiger partial charge in [-0.2, -0.15) is 0 Å². The Bertz CT molecular complexity index is 575. The molecule has 2 aromatic carbocycles. The van der Waals surface area contributed by atoms with E-state index in [-0.39, 0.29) is 17.0 Å². The van der Waals surface area contributed by atoms with Gasteiger partial charge in [0, 0.05) is 18.1 Å². The van der Waals surface area contributed by atoms with Gasteiger partial charge in [-0.3, -0.25) is 0 Å². The van der Waals surface area contributed by atoms with E-state index in [0.29, 0.717) is 6.79 Å². The molecule has 20 heavy (non-hydrogen) atoms. The van der Waals surface area contributed by atoms with Crippen molar-refractivity contribution in [2.45, 2.75) is 13.1 Å². The van der Waals surface area contributed by atoms with Crippen LogP contribution in [-0.4, -0.2) is 6.79 Å². The predicted octanol–water partition coefficient (Wildman–Crippen LogP) is 3.94. The van der Waals surface area contributed by atoms with E-state index in [9.17, 15) is 0 Å². The van der Waals surface area contributed by atoms with Crippen LogP contribution in [0.15, 0.2) is 42.5 Å². The minimum absolute atomic E-state index is 0. The molecule has 1 heterocycles. The first-order valence-electron chi connectivity index (χ1n) is 6.15. The van der Waals surface area contributed by atoms with Gasteiger partial charge in [-0.15, -0.1) is 17.0 Å². The third-order valence-corrected chi connectivity index (χ3v) is 3.26. The summed E-state index contributed by atoms with van der Waals surface area (Å²) in [6.07, 6.45) is 0. The van der Waals surface area contributed by atoms with Crippen LogP contribution in [0.25, 0.3) is 0 Å². The zero-order valence-corrected chi connectivity index (χ0v) is 13.2. The topological polar surface area (TPSA) is 30.5 Å². The molecule has 0 bridgehead atoms. The van der Waals surface area contributed by atoms with Crippen LogP contribution in [0.2, 0.25) is 5.02 Å². The van der Waals surface area contributed by atoms with Crippen LogP contribution in [-0.2, 0) is 13.1 Å². The van der Waals surface area contributed by atoms with Gasteiger partial charge in [0.05, 0.1) is 0 Å². The molecule has 0 aromatic heterocycles. The van der Waals surface area contributed by atoms with Crippen LogP contribution >= 0.6 is 28.6 Å². The molecular formula is C15H15BrClNO2. The largest absolute Gasteiger partial charge is 0.454 e. The van der Waals surface area contributed by atoms with Gasteiger partial charge in [0.25, 0.3) is 0 Å². The summed E-state index contributed by atoms with van der Waals surface area (Å²) < 4.78 is 10.6. The van der Waals surface area contributed by atoms with E-state index in [2.05, 4.69) is 5.32 Å². The second kappa shape index (κ2) is 6.97. The fourth-order valence-electron chi connectivity index (χ4n) is 2.00. The molecule has 0 saturated heterocycles. The minimum Gasteiger partial charge on any atom is -0.454 e. The first-order chi connectivity index (χ1) is 9.31. The van der Waals surface area contributed by atoms with Crippen molar-refractivity contribution >= 4 is 28.6 Å². The Morgan fingerprint density at radius 2 is 1.55 bits per heavy atom. The van der Waals surface area contributed by atoms with Gasteiger partial charge in [0.15, 0.2) is 11.5 Å². The van der Waals surface area contributed by atoms with Gasteiger partial charge in [-0.1, -0.05) is 29.8 Å². The zero-order valence-electron chi connectivity index (χ0n) is 10.8. The van der Waals surface area contributed by atoms with Crippen molar-refractivity contribution in [2.24, 2.45) is 0 Å². The highest BCUT2D eigenvalue weighted by molar-refractivity contribution is 8.93. The van der Waals surface area contributed by atoms with Crippen molar-refractivity contribution in [3.8, 4) is 11.5 Å². The number of fused-ring (bicyclic) bond motifs is 1. The second-order valence-corrected chi connectivity index (χ2v) is 4.85. The predicted molar refractivity (Wildman–Crippen MR) is 84.9 cm³/mol. The standard InChI is InChI=1S/C15H14ClNO2.BrH/c16-13-4-1-11(2-5-13)8-17-9-12-3-6-14-15(7-12)19-10-18-14;/h1-7,17H,8-10H2;1H. The summed E-state index contributed by atoms with van der Waals surface area (Å²) >= 11 is 5.85. The summed E-state index contributed by atoms with van der Waals surface area (Å²) in [5.74, 6) is 1.65. The number of hydrogen-bond donors (Lipinski definition) is 1. The molecule has 0 saturated carbocycles. The van der Waals surface area contributed by atoms with Crippen LogP contribution in [0, 0.1) is 0 Å². The van der Waals surface area contributed by atoms with Gasteiger partial charge < -0.3 is 14.8 Å². The van der Waals surface area contributed by atoms with Crippen LogP contribution < -0.4 is 14.8 Å². The van der Waals surface area contributed by atoms with Crippen LogP contribution in [0.5, 0.6) is 11.5 Å². The number of benzene rings is 2. The van der Waals surface area contributed by atoms with E-state index < -0.39 is 0 Å². The molecule has 0 unspecified atom stereocenters. The third-order valence-electron chi connectivity index (χ3n) is 3.01. The van der Waals surface area contributed by atoms with E-state index in [1.807, 2.05) is 42.5 Å². The fourth-order valence-corrected chi connectivity index (χ4v) is 2.13. The number of ether oxygens (including phenoxy) is 2. The van der Waals surface area contributed by atoms with Crippen LogP contribution in [0.1, 0.15) is 11.1 Å². The molecule has 1 N–H and O–H groups in total. The average Bonchev–Trinajstić information content (AvgIpc) is 2.88. The highest BCUT2D eigenvalue weighted by Crippen LogP contribution is 2.32. The number of halogens is 2. The maximum atomic E-state index is 5.85. The van der Waals surface area contributed by atoms with Gasteiger partial charge in [0.2, 0.25) is 6.79 Å². The minimum atomic E-state index is 0. The van der Waals surface area contributed by atoms with E-state index >= 15 is 0 Å². The SMILES string of the molecule is Br.Clc1ccc(CNCc2ccc3c(c2)OCO3)cc1. The van der Waals surface area contributed by atoms with Gasteiger partial charge >= 0.3 is 0 Å². The van der Waals surface area contributed by atoms with Crippen molar-refractivity contribution < 1.29 is 9.47 Å². The van der Waals surface area contributed by atoms with E-state index in [4.69, 9.17) is 21.1 Å². The van der Waals surface area contributed by atoms with Crippen molar-refractivity contribution in [1.82, 2.24) is 5.32 Å². The molecule has 0 radical (unpaired) electrons. The third kappa shape index (κ3) is 3.66. The van der Waals surface area contributed by atoms with Crippen LogP contribution in [0.4, 0.5) is 0 Å². The van der Waals surface area contributed by atoms with Gasteiger partial charge in [-0.25, -0.2) is 0 Å². The normalized spacial score (nSPS) is 12.1. The van der Waals surface area contributed by atoms with Crippen molar-refractivity contribution in [3.05, 3.63) is 58.6 Å². The Morgan fingerprint density at radius 1 is 0.900 bits per heavy atom. The Labute approximate surface area is 133 Å². The molecule has 0 atom stereocenters. The second-order valence-electron chi connectivity index (χ2n) is 4.42. The Balaban J connectivity index is 0.00000147. The molecule has 106 valence electrons. The number of rotatable bonds is 4. The average molecular weight is 357 g/mol. The fraction of sp³-hybridized carbons (Fsp3) is 0.200. The summed E-state index contributed by atoms with van der Waals surface area (Å²) in [6.45, 7) is 1.92. The highest BCUT2D eigenvalue weighted by Gasteiger charge is 2.12. The summed E-state index contributed by atoms with van der Waals surface area (Å²) in [6, 6.07) is 13.9. The van der Waals surface area contributed by atoms with Gasteiger partial charge in [0.1, 0.15) is 0 Å². The van der Waals surface area contributed by atoms with Crippen molar-refractivity contribution in [3.63, 3.8) is 0 Å². The molecule has 0 spiro atoms. The summed E-state index contributed by atoms with van der Waals surface area (Å²) in [5, 5.41) is 4.15. The highest BCUT2D eigenvalue weighted by atomic mass is 79.9. The maximum Gasteiger partial charge on any atom is 0.231 e. The maximum absolute atomic E-state index is 5.85. The van der Waals surface area contributed by atoms with Crippen LogP contribution in [0.3, 0.4) is 0 Å². The molecule has 3 rings (SSSR count). The van der Waals surface area contributed by atoms with Crippen molar-refractivity contribution in [1.29, 1.82) is 0 Å². The zero-order chi connectivity index (χ0) is 13.1. The number of nitrogens with one attached hydrogen (secondary N) is 1. The molecule has 1 aliphatic rings. The Hall–Kier alpha value is -1.23. The quantitative estimate of drug-likeness (QED) is 0.900. The smallest absolute Gasteiger partial charge is 0.231 e. The molecule has 0 aliphatic carbocycles. The van der Waals surface area contributed by atoms with E-state index in [0.717, 1.165) is 29.6 Å². The van der Waals surface area contributed by atoms with Gasteiger partial charge in [-0.05, 0) is 35.4 Å². The summed E-state index contributed by atoms with van der Waals surface area (Å²) in [5.41, 5.74) is 2.39. The van der Waals surface area contributed by atoms with Crippen molar-refractivity contribution in [2.75, 3.05) is 6.79 Å². The number of hydrogen-bond acceptors (Lipinski definition) is 3. The van der Waals surface area contributed by atoms with E-state index in [1.165, 1.54) is 11.1 Å². The lowest BCUT2D eigenvalue weighted by Gasteiger charge is -2.06. The Morgan fingerprint density at radius 3 is 2.35 bits per heavy atom.